The van der Waals surface area contributed by atoms with Crippen molar-refractivity contribution in [2.45, 2.75) is 25.3 Å². The normalized spacial score (nSPS) is 14.7. The van der Waals surface area contributed by atoms with Gasteiger partial charge in [-0.3, -0.25) is 9.69 Å². The highest BCUT2D eigenvalue weighted by Gasteiger charge is 2.23. The first-order valence-electron chi connectivity index (χ1n) is 12.2. The Morgan fingerprint density at radius 2 is 1.50 bits per heavy atom. The van der Waals surface area contributed by atoms with Crippen LogP contribution < -0.4 is 5.32 Å². The van der Waals surface area contributed by atoms with Crippen LogP contribution in [0.2, 0.25) is 0 Å². The van der Waals surface area contributed by atoms with Crippen LogP contribution in [0, 0.1) is 28.9 Å². The molecule has 0 atom stereocenters. The van der Waals surface area contributed by atoms with Gasteiger partial charge in [0.1, 0.15) is 11.6 Å². The molecule has 0 aliphatic carbocycles. The van der Waals surface area contributed by atoms with Crippen LogP contribution in [0.1, 0.15) is 47.6 Å². The summed E-state index contributed by atoms with van der Waals surface area (Å²) in [4.78, 5) is 15.3. The van der Waals surface area contributed by atoms with Gasteiger partial charge >= 0.3 is 0 Å². The quantitative estimate of drug-likeness (QED) is 0.435. The molecule has 1 amide bonds. The van der Waals surface area contributed by atoms with Gasteiger partial charge in [0.05, 0.1) is 17.7 Å². The molecule has 6 heteroatoms. The summed E-state index contributed by atoms with van der Waals surface area (Å²) >= 11 is 0. The van der Waals surface area contributed by atoms with Crippen molar-refractivity contribution in [3.63, 3.8) is 0 Å². The second kappa shape index (κ2) is 12.2. The van der Waals surface area contributed by atoms with Crippen LogP contribution in [0.4, 0.5) is 8.78 Å². The van der Waals surface area contributed by atoms with E-state index in [0.717, 1.165) is 49.2 Å². The maximum absolute atomic E-state index is 13.4. The number of nitrogens with one attached hydrogen (secondary N) is 1. The Hall–Kier alpha value is -3.82. The summed E-state index contributed by atoms with van der Waals surface area (Å²) in [6.45, 7) is 2.69. The van der Waals surface area contributed by atoms with Gasteiger partial charge < -0.3 is 5.32 Å². The number of rotatable bonds is 8. The van der Waals surface area contributed by atoms with Crippen molar-refractivity contribution in [2.75, 3.05) is 19.6 Å². The monoisotopic (exact) mass is 485 g/mol. The third-order valence-corrected chi connectivity index (χ3v) is 6.61. The van der Waals surface area contributed by atoms with Crippen molar-refractivity contribution in [1.82, 2.24) is 10.2 Å². The topological polar surface area (TPSA) is 56.1 Å². The summed E-state index contributed by atoms with van der Waals surface area (Å²) in [6, 6.07) is 21.2. The Morgan fingerprint density at radius 3 is 2.03 bits per heavy atom. The van der Waals surface area contributed by atoms with Crippen LogP contribution in [0.5, 0.6) is 0 Å². The second-order valence-electron chi connectivity index (χ2n) is 9.19. The number of carbonyl (C=O) groups is 1. The molecule has 184 valence electrons. The minimum absolute atomic E-state index is 0.0622. The number of hydrogen-bond acceptors (Lipinski definition) is 3. The Bertz CT molecular complexity index is 1160. The van der Waals surface area contributed by atoms with Crippen LogP contribution in [-0.2, 0) is 4.79 Å². The van der Waals surface area contributed by atoms with E-state index in [0.29, 0.717) is 17.9 Å². The van der Waals surface area contributed by atoms with Gasteiger partial charge in [-0.2, -0.15) is 5.26 Å². The summed E-state index contributed by atoms with van der Waals surface area (Å²) in [5, 5.41) is 12.0. The van der Waals surface area contributed by atoms with Gasteiger partial charge in [0.2, 0.25) is 5.91 Å². The zero-order chi connectivity index (χ0) is 25.3. The maximum atomic E-state index is 13.4. The summed E-state index contributed by atoms with van der Waals surface area (Å²) in [5.74, 6) is -0.457. The number of hydrogen-bond donors (Lipinski definition) is 1. The minimum atomic E-state index is -0.467. The SMILES string of the molecule is N#Cc1ccc(/C=C/CN2CCC(CC(=O)NC(c3ccc(F)cc3)c3ccc(F)cc3)CC2)cc1. The molecule has 0 radical (unpaired) electrons. The minimum Gasteiger partial charge on any atom is -0.345 e. The average molecular weight is 486 g/mol. The second-order valence-corrected chi connectivity index (χ2v) is 9.19. The largest absolute Gasteiger partial charge is 0.345 e. The third kappa shape index (κ3) is 7.10. The Balaban J connectivity index is 1.28. The highest BCUT2D eigenvalue weighted by molar-refractivity contribution is 5.77. The molecule has 1 saturated heterocycles. The fourth-order valence-corrected chi connectivity index (χ4v) is 4.53. The highest BCUT2D eigenvalue weighted by Crippen LogP contribution is 2.25. The van der Waals surface area contributed by atoms with Gasteiger partial charge in [-0.15, -0.1) is 0 Å². The molecule has 1 aliphatic heterocycles. The van der Waals surface area contributed by atoms with Gasteiger partial charge in [0.25, 0.3) is 0 Å². The molecular weight excluding hydrogens is 456 g/mol. The Kier molecular flexibility index (Phi) is 8.59. The molecule has 0 saturated carbocycles. The summed E-state index contributed by atoms with van der Waals surface area (Å²) < 4.78 is 26.9. The van der Waals surface area contributed by atoms with Gasteiger partial charge in [-0.05, 0) is 84.9 Å². The fraction of sp³-hybridized carbons (Fsp3) is 0.267. The van der Waals surface area contributed by atoms with Crippen molar-refractivity contribution in [2.24, 2.45) is 5.92 Å². The molecule has 3 aromatic rings. The van der Waals surface area contributed by atoms with E-state index in [1.807, 2.05) is 24.3 Å². The number of nitrogens with zero attached hydrogens (tertiary/aromatic N) is 2. The van der Waals surface area contributed by atoms with E-state index in [2.05, 4.69) is 28.4 Å². The zero-order valence-electron chi connectivity index (χ0n) is 20.0. The highest BCUT2D eigenvalue weighted by atomic mass is 19.1. The molecule has 0 unspecified atom stereocenters. The van der Waals surface area contributed by atoms with Gasteiger partial charge in [0.15, 0.2) is 0 Å². The molecule has 0 bridgehead atoms. The first-order valence-corrected chi connectivity index (χ1v) is 12.2. The molecule has 1 fully saturated rings. The lowest BCUT2D eigenvalue weighted by Gasteiger charge is -2.31. The maximum Gasteiger partial charge on any atom is 0.221 e. The summed E-state index contributed by atoms with van der Waals surface area (Å²) in [6.07, 6.45) is 6.50. The van der Waals surface area contributed by atoms with Crippen LogP contribution in [-0.4, -0.2) is 30.4 Å². The van der Waals surface area contributed by atoms with Crippen LogP contribution in [0.15, 0.2) is 78.9 Å². The van der Waals surface area contributed by atoms with Crippen molar-refractivity contribution in [3.8, 4) is 6.07 Å². The van der Waals surface area contributed by atoms with Gasteiger partial charge in [-0.1, -0.05) is 48.6 Å². The average Bonchev–Trinajstić information content (AvgIpc) is 2.90. The molecule has 4 rings (SSSR count). The van der Waals surface area contributed by atoms with Gasteiger partial charge in [0, 0.05) is 13.0 Å². The van der Waals surface area contributed by atoms with E-state index in [4.69, 9.17) is 5.26 Å². The van der Waals surface area contributed by atoms with E-state index in [-0.39, 0.29) is 17.5 Å². The number of nitriles is 1. The van der Waals surface area contributed by atoms with E-state index >= 15 is 0 Å². The van der Waals surface area contributed by atoms with E-state index in [1.54, 1.807) is 24.3 Å². The fourth-order valence-electron chi connectivity index (χ4n) is 4.53. The van der Waals surface area contributed by atoms with Crippen LogP contribution in [0.3, 0.4) is 0 Å². The molecule has 3 aromatic carbocycles. The van der Waals surface area contributed by atoms with E-state index < -0.39 is 6.04 Å². The third-order valence-electron chi connectivity index (χ3n) is 6.61. The number of carbonyl (C=O) groups excluding carboxylic acids is 1. The van der Waals surface area contributed by atoms with E-state index in [9.17, 15) is 13.6 Å². The van der Waals surface area contributed by atoms with Crippen molar-refractivity contribution in [3.05, 3.63) is 113 Å². The molecule has 4 nitrogen and oxygen atoms in total. The van der Waals surface area contributed by atoms with Crippen molar-refractivity contribution < 1.29 is 13.6 Å². The molecule has 0 aromatic heterocycles. The Morgan fingerprint density at radius 1 is 0.944 bits per heavy atom. The smallest absolute Gasteiger partial charge is 0.221 e. The standard InChI is InChI=1S/C30H29F2N3O/c31-27-11-7-25(8-12-27)30(26-9-13-28(32)14-10-26)34-29(36)20-23-15-18-35(19-16-23)17-1-2-22-3-5-24(21-33)6-4-22/h1-14,23,30H,15-20H2,(H,34,36)/b2-1+. The predicted molar refractivity (Wildman–Crippen MR) is 137 cm³/mol. The lowest BCUT2D eigenvalue weighted by atomic mass is 9.92. The first kappa shape index (κ1) is 25.3. The number of piperidine rings is 1. The number of halogens is 2. The molecule has 36 heavy (non-hydrogen) atoms. The Labute approximate surface area is 210 Å². The predicted octanol–water partition coefficient (Wildman–Crippen LogP) is 5.86. The number of benzene rings is 3. The molecule has 1 N–H and O–H groups in total. The zero-order valence-corrected chi connectivity index (χ0v) is 20.0. The number of likely N-dealkylation sites (tertiary alicyclic amines) is 1. The van der Waals surface area contributed by atoms with Gasteiger partial charge in [-0.25, -0.2) is 8.78 Å². The van der Waals surface area contributed by atoms with Crippen LogP contribution in [0.25, 0.3) is 6.08 Å². The lowest BCUT2D eigenvalue weighted by Crippen LogP contribution is -2.36. The molecule has 1 heterocycles. The molecular formula is C30H29F2N3O. The summed E-state index contributed by atoms with van der Waals surface area (Å²) in [5.41, 5.74) is 3.22. The van der Waals surface area contributed by atoms with Crippen molar-refractivity contribution >= 4 is 12.0 Å². The molecule has 0 spiro atoms. The first-order chi connectivity index (χ1) is 17.5. The van der Waals surface area contributed by atoms with Crippen molar-refractivity contribution in [1.29, 1.82) is 5.26 Å². The molecule has 1 aliphatic rings. The van der Waals surface area contributed by atoms with E-state index in [1.165, 1.54) is 24.3 Å². The van der Waals surface area contributed by atoms with Crippen LogP contribution >= 0.6 is 0 Å². The lowest BCUT2D eigenvalue weighted by molar-refractivity contribution is -0.122. The summed E-state index contributed by atoms with van der Waals surface area (Å²) in [7, 11) is 0. The number of amides is 1.